The third-order valence-corrected chi connectivity index (χ3v) is 2.71. The highest BCUT2D eigenvalue weighted by atomic mass is 16.3. The third-order valence-electron chi connectivity index (χ3n) is 2.71. The zero-order valence-electron chi connectivity index (χ0n) is 8.70. The van der Waals surface area contributed by atoms with Gasteiger partial charge >= 0.3 is 0 Å². The Morgan fingerprint density at radius 3 is 2.80 bits per heavy atom. The summed E-state index contributed by atoms with van der Waals surface area (Å²) in [5.41, 5.74) is 2.15. The lowest BCUT2D eigenvalue weighted by atomic mass is 9.93. The van der Waals surface area contributed by atoms with Gasteiger partial charge in [-0.05, 0) is 36.6 Å². The van der Waals surface area contributed by atoms with Crippen molar-refractivity contribution >= 4 is 0 Å². The van der Waals surface area contributed by atoms with E-state index in [4.69, 9.17) is 0 Å². The molecular weight excluding hydrogens is 190 g/mol. The van der Waals surface area contributed by atoms with Crippen LogP contribution in [0.3, 0.4) is 0 Å². The monoisotopic (exact) mass is 205 g/mol. The number of phenolic OH excluding ortho intramolecular Hbond substituents is 2. The Labute approximate surface area is 89.1 Å². The summed E-state index contributed by atoms with van der Waals surface area (Å²) in [5.74, 6) is -0.0816. The Morgan fingerprint density at radius 2 is 2.07 bits per heavy atom. The zero-order valence-corrected chi connectivity index (χ0v) is 8.70. The van der Waals surface area contributed by atoms with Crippen molar-refractivity contribution in [2.24, 2.45) is 0 Å². The number of benzene rings is 1. The van der Waals surface area contributed by atoms with Crippen molar-refractivity contribution in [2.75, 3.05) is 6.54 Å². The van der Waals surface area contributed by atoms with Crippen molar-refractivity contribution < 1.29 is 10.2 Å². The minimum absolute atomic E-state index is 0.0325. The second kappa shape index (κ2) is 3.95. The molecule has 80 valence electrons. The van der Waals surface area contributed by atoms with Crippen molar-refractivity contribution in [1.29, 1.82) is 0 Å². The average Bonchev–Trinajstić information content (AvgIpc) is 2.21. The second-order valence-corrected chi connectivity index (χ2v) is 3.75. The molecule has 3 nitrogen and oxygen atoms in total. The fourth-order valence-electron chi connectivity index (χ4n) is 1.98. The van der Waals surface area contributed by atoms with Crippen LogP contribution < -0.4 is 5.32 Å². The molecule has 0 bridgehead atoms. The molecule has 0 radical (unpaired) electrons. The molecule has 1 unspecified atom stereocenters. The predicted octanol–water partition coefficient (Wildman–Crippen LogP) is 1.86. The van der Waals surface area contributed by atoms with Gasteiger partial charge in [0.15, 0.2) is 11.5 Å². The molecule has 1 aliphatic heterocycles. The van der Waals surface area contributed by atoms with Gasteiger partial charge in [-0.3, -0.25) is 0 Å². The van der Waals surface area contributed by atoms with Crippen molar-refractivity contribution in [3.63, 3.8) is 0 Å². The molecule has 1 aromatic carbocycles. The maximum atomic E-state index is 9.46. The Balaban J connectivity index is 2.46. The van der Waals surface area contributed by atoms with Crippen LogP contribution in [0.2, 0.25) is 0 Å². The maximum absolute atomic E-state index is 9.46. The van der Waals surface area contributed by atoms with E-state index in [2.05, 4.69) is 11.4 Å². The first kappa shape index (κ1) is 10.1. The Hall–Kier alpha value is -1.48. The number of hydrogen-bond donors (Lipinski definition) is 3. The van der Waals surface area contributed by atoms with Crippen molar-refractivity contribution in [2.45, 2.75) is 19.4 Å². The van der Waals surface area contributed by atoms with Crippen LogP contribution in [0, 0.1) is 0 Å². The van der Waals surface area contributed by atoms with E-state index in [1.54, 1.807) is 12.1 Å². The molecule has 0 aliphatic carbocycles. The highest BCUT2D eigenvalue weighted by Gasteiger charge is 2.19. The predicted molar refractivity (Wildman–Crippen MR) is 59.0 cm³/mol. The van der Waals surface area contributed by atoms with Crippen LogP contribution in [-0.2, 0) is 6.42 Å². The van der Waals surface area contributed by atoms with Gasteiger partial charge in [0.25, 0.3) is 0 Å². The molecule has 1 aromatic rings. The van der Waals surface area contributed by atoms with Crippen molar-refractivity contribution in [3.8, 4) is 11.5 Å². The lowest BCUT2D eigenvalue weighted by Crippen LogP contribution is -2.28. The zero-order chi connectivity index (χ0) is 10.8. The van der Waals surface area contributed by atoms with Gasteiger partial charge in [0, 0.05) is 6.54 Å². The number of fused-ring (bicyclic) bond motifs is 1. The van der Waals surface area contributed by atoms with Crippen molar-refractivity contribution in [1.82, 2.24) is 5.32 Å². The molecule has 0 saturated heterocycles. The highest BCUT2D eigenvalue weighted by Crippen LogP contribution is 2.33. The first-order valence-corrected chi connectivity index (χ1v) is 5.13. The summed E-state index contributed by atoms with van der Waals surface area (Å²) in [6.07, 6.45) is 4.92. The molecule has 0 spiro atoms. The summed E-state index contributed by atoms with van der Waals surface area (Å²) in [6, 6.07) is 3.44. The van der Waals surface area contributed by atoms with E-state index < -0.39 is 0 Å². The van der Waals surface area contributed by atoms with Gasteiger partial charge in [0.1, 0.15) is 0 Å². The fraction of sp³-hybridized carbons (Fsp3) is 0.333. The van der Waals surface area contributed by atoms with E-state index in [-0.39, 0.29) is 17.5 Å². The van der Waals surface area contributed by atoms with Crippen molar-refractivity contribution in [3.05, 3.63) is 35.4 Å². The van der Waals surface area contributed by atoms with Crippen LogP contribution in [-0.4, -0.2) is 16.8 Å². The molecule has 0 aromatic heterocycles. The van der Waals surface area contributed by atoms with Crippen LogP contribution in [0.4, 0.5) is 0 Å². The first-order valence-electron chi connectivity index (χ1n) is 5.13. The first-order chi connectivity index (χ1) is 7.22. The van der Waals surface area contributed by atoms with Crippen LogP contribution in [0.5, 0.6) is 11.5 Å². The molecule has 1 atom stereocenters. The number of nitrogens with one attached hydrogen (secondary N) is 1. The Bertz CT molecular complexity index is 399. The number of allylic oxidation sites excluding steroid dienone is 1. The van der Waals surface area contributed by atoms with Crippen LogP contribution in [0.25, 0.3) is 0 Å². The fourth-order valence-corrected chi connectivity index (χ4v) is 1.98. The molecular formula is C12H15NO2. The average molecular weight is 205 g/mol. The summed E-state index contributed by atoms with van der Waals surface area (Å²) >= 11 is 0. The number of hydrogen-bond acceptors (Lipinski definition) is 3. The molecule has 3 N–H and O–H groups in total. The lowest BCUT2D eigenvalue weighted by molar-refractivity contribution is 0.400. The van der Waals surface area contributed by atoms with E-state index in [1.165, 1.54) is 0 Å². The molecule has 15 heavy (non-hydrogen) atoms. The second-order valence-electron chi connectivity index (χ2n) is 3.75. The highest BCUT2D eigenvalue weighted by molar-refractivity contribution is 5.48. The van der Waals surface area contributed by atoms with E-state index in [1.807, 2.05) is 13.0 Å². The Morgan fingerprint density at radius 1 is 1.33 bits per heavy atom. The van der Waals surface area contributed by atoms with E-state index in [9.17, 15) is 10.2 Å². The quantitative estimate of drug-likeness (QED) is 0.484. The van der Waals surface area contributed by atoms with Crippen LogP contribution in [0.1, 0.15) is 24.1 Å². The summed E-state index contributed by atoms with van der Waals surface area (Å²) in [4.78, 5) is 0. The molecule has 0 amide bonds. The molecule has 0 fully saturated rings. The van der Waals surface area contributed by atoms with E-state index in [0.717, 1.165) is 24.1 Å². The standard InChI is InChI=1S/C12H15NO2/c1-2-3-10-9-7-12(15)11(14)6-8(9)4-5-13-10/h2-3,6-7,10,13-15H,4-5H2,1H3/b3-2+. The smallest absolute Gasteiger partial charge is 0.157 e. The SMILES string of the molecule is C/C=C/C1NCCc2cc(O)c(O)cc21. The lowest BCUT2D eigenvalue weighted by Gasteiger charge is -2.25. The topological polar surface area (TPSA) is 52.5 Å². The summed E-state index contributed by atoms with van der Waals surface area (Å²) in [6.45, 7) is 2.86. The van der Waals surface area contributed by atoms with E-state index in [0.29, 0.717) is 0 Å². The van der Waals surface area contributed by atoms with Gasteiger partial charge in [-0.2, -0.15) is 0 Å². The molecule has 2 rings (SSSR count). The largest absolute Gasteiger partial charge is 0.504 e. The molecule has 1 aliphatic rings. The number of rotatable bonds is 1. The Kier molecular flexibility index (Phi) is 2.64. The molecule has 3 heteroatoms. The van der Waals surface area contributed by atoms with Gasteiger partial charge in [-0.25, -0.2) is 0 Å². The minimum Gasteiger partial charge on any atom is -0.504 e. The summed E-state index contributed by atoms with van der Waals surface area (Å²) in [7, 11) is 0. The summed E-state index contributed by atoms with van der Waals surface area (Å²) < 4.78 is 0. The van der Waals surface area contributed by atoms with Gasteiger partial charge in [-0.1, -0.05) is 12.2 Å². The van der Waals surface area contributed by atoms with Gasteiger partial charge < -0.3 is 15.5 Å². The van der Waals surface area contributed by atoms with Crippen LogP contribution >= 0.6 is 0 Å². The van der Waals surface area contributed by atoms with Gasteiger partial charge in [0.05, 0.1) is 6.04 Å². The minimum atomic E-state index is -0.0491. The van der Waals surface area contributed by atoms with E-state index >= 15 is 0 Å². The number of phenols is 2. The summed E-state index contributed by atoms with van der Waals surface area (Å²) in [5, 5.41) is 22.2. The molecule has 0 saturated carbocycles. The third kappa shape index (κ3) is 1.83. The van der Waals surface area contributed by atoms with Gasteiger partial charge in [-0.15, -0.1) is 0 Å². The maximum Gasteiger partial charge on any atom is 0.157 e. The number of aromatic hydroxyl groups is 2. The normalized spacial score (nSPS) is 20.5. The molecule has 1 heterocycles. The van der Waals surface area contributed by atoms with Gasteiger partial charge in [0.2, 0.25) is 0 Å². The van der Waals surface area contributed by atoms with Crippen LogP contribution in [0.15, 0.2) is 24.3 Å².